The van der Waals surface area contributed by atoms with Gasteiger partial charge in [-0.25, -0.2) is 0 Å². The number of fused-ring (bicyclic) bond motifs is 5. The van der Waals surface area contributed by atoms with Crippen LogP contribution >= 0.6 is 0 Å². The highest BCUT2D eigenvalue weighted by Crippen LogP contribution is 2.69. The zero-order chi connectivity index (χ0) is 33.5. The van der Waals surface area contributed by atoms with Gasteiger partial charge in [-0.05, 0) is 132 Å². The first kappa shape index (κ1) is 37.1. The van der Waals surface area contributed by atoms with Crippen LogP contribution in [-0.2, 0) is 28.6 Å². The molecule has 4 aliphatic rings. The van der Waals surface area contributed by atoms with E-state index in [0.717, 1.165) is 57.8 Å². The van der Waals surface area contributed by atoms with E-state index in [9.17, 15) is 19.5 Å². The molecule has 0 heterocycles. The maximum absolute atomic E-state index is 13.3. The van der Waals surface area contributed by atoms with Gasteiger partial charge in [0.25, 0.3) is 0 Å². The van der Waals surface area contributed by atoms with Crippen LogP contribution in [0, 0.1) is 46.3 Å². The molecule has 0 radical (unpaired) electrons. The predicted molar refractivity (Wildman–Crippen MR) is 176 cm³/mol. The van der Waals surface area contributed by atoms with E-state index in [4.69, 9.17) is 31.4 Å². The Hall–Kier alpha value is -1.75. The molecule has 4 saturated carbocycles. The van der Waals surface area contributed by atoms with E-state index in [1.165, 1.54) is 0 Å². The second kappa shape index (κ2) is 16.6. The van der Waals surface area contributed by atoms with Gasteiger partial charge in [0.2, 0.25) is 0 Å². The van der Waals surface area contributed by atoms with Crippen LogP contribution in [0.4, 0.5) is 0 Å². The summed E-state index contributed by atoms with van der Waals surface area (Å²) in [5.41, 5.74) is 16.8. The van der Waals surface area contributed by atoms with E-state index in [2.05, 4.69) is 20.8 Å². The number of carbonyl (C=O) groups excluding carboxylic acids is 3. The van der Waals surface area contributed by atoms with Gasteiger partial charge in [0, 0.05) is 37.2 Å². The van der Waals surface area contributed by atoms with E-state index in [0.29, 0.717) is 70.0 Å². The predicted octanol–water partition coefficient (Wildman–Crippen LogP) is 4.23. The monoisotopic (exact) mass is 649 g/mol. The summed E-state index contributed by atoms with van der Waals surface area (Å²) in [7, 11) is 0. The minimum absolute atomic E-state index is 0.0607. The molecule has 4 aliphatic carbocycles. The molecule has 0 spiro atoms. The molecule has 0 bridgehead atoms. The topological polar surface area (TPSA) is 177 Å². The van der Waals surface area contributed by atoms with Crippen molar-refractivity contribution in [1.29, 1.82) is 0 Å². The Kier molecular flexibility index (Phi) is 13.4. The highest BCUT2D eigenvalue weighted by molar-refractivity contribution is 5.70. The summed E-state index contributed by atoms with van der Waals surface area (Å²) in [6.07, 6.45) is 9.75. The lowest BCUT2D eigenvalue weighted by Gasteiger charge is -2.64. The van der Waals surface area contributed by atoms with Crippen LogP contribution in [0.2, 0.25) is 0 Å². The molecule has 46 heavy (non-hydrogen) atoms. The number of carbonyl (C=O) groups is 3. The smallest absolute Gasteiger partial charge is 0.306 e. The van der Waals surface area contributed by atoms with Crippen LogP contribution in [-0.4, -0.2) is 67.6 Å². The molecule has 7 N–H and O–H groups in total. The van der Waals surface area contributed by atoms with Crippen LogP contribution in [0.15, 0.2) is 0 Å². The standard InChI is InChI=1S/C36H63N3O7/c1-23(8-7-19-40)26-12-13-27-34-28(22-30(36(26,27)3)46-33(43)11-6-18-39)35(2)15-14-25(44-31(41)9-4-16-37)20-24(35)21-29(34)45-32(42)10-5-17-38/h23-30,34,40H,4-22,37-39H2,1-3H3/t23-,24-,25-,26?,27+,28+,29?,30+,34?,35+,36-/m1/s1. The lowest BCUT2D eigenvalue weighted by molar-refractivity contribution is -0.226. The highest BCUT2D eigenvalue weighted by atomic mass is 16.6. The summed E-state index contributed by atoms with van der Waals surface area (Å²) < 4.78 is 18.9. The van der Waals surface area contributed by atoms with Crippen molar-refractivity contribution >= 4 is 17.9 Å². The first-order valence-corrected chi connectivity index (χ1v) is 18.3. The third-order valence-corrected chi connectivity index (χ3v) is 12.9. The average molecular weight is 650 g/mol. The number of esters is 3. The molecule has 10 nitrogen and oxygen atoms in total. The van der Waals surface area contributed by atoms with Crippen molar-refractivity contribution in [3.8, 4) is 0 Å². The molecule has 0 aromatic rings. The number of nitrogens with two attached hydrogens (primary N) is 3. The Labute approximate surface area is 276 Å². The normalized spacial score (nSPS) is 37.4. The first-order chi connectivity index (χ1) is 22.0. The summed E-state index contributed by atoms with van der Waals surface area (Å²) >= 11 is 0. The molecule has 264 valence electrons. The fourth-order valence-corrected chi connectivity index (χ4v) is 10.5. The van der Waals surface area contributed by atoms with E-state index < -0.39 is 0 Å². The number of ether oxygens (including phenoxy) is 3. The van der Waals surface area contributed by atoms with E-state index in [1.807, 2.05) is 0 Å². The maximum atomic E-state index is 13.3. The van der Waals surface area contributed by atoms with Gasteiger partial charge in [0.1, 0.15) is 18.3 Å². The average Bonchev–Trinajstić information content (AvgIpc) is 3.39. The van der Waals surface area contributed by atoms with Crippen LogP contribution < -0.4 is 17.2 Å². The summed E-state index contributed by atoms with van der Waals surface area (Å²) in [6, 6.07) is 0. The Morgan fingerprint density at radius 3 is 2.00 bits per heavy atom. The van der Waals surface area contributed by atoms with Gasteiger partial charge < -0.3 is 36.5 Å². The molecule has 3 unspecified atom stereocenters. The van der Waals surface area contributed by atoms with Gasteiger partial charge in [0.05, 0.1) is 0 Å². The van der Waals surface area contributed by atoms with Crippen molar-refractivity contribution in [3.05, 3.63) is 0 Å². The Balaban J connectivity index is 1.68. The van der Waals surface area contributed by atoms with Gasteiger partial charge >= 0.3 is 17.9 Å². The fourth-order valence-electron chi connectivity index (χ4n) is 10.5. The van der Waals surface area contributed by atoms with Crippen LogP contribution in [0.3, 0.4) is 0 Å². The van der Waals surface area contributed by atoms with Crippen LogP contribution in [0.5, 0.6) is 0 Å². The van der Waals surface area contributed by atoms with Crippen molar-refractivity contribution in [2.24, 2.45) is 63.5 Å². The zero-order valence-corrected chi connectivity index (χ0v) is 28.8. The molecule has 0 aliphatic heterocycles. The summed E-state index contributed by atoms with van der Waals surface area (Å²) in [5, 5.41) is 9.62. The fraction of sp³-hybridized carbons (Fsp3) is 0.917. The number of aliphatic hydroxyl groups excluding tert-OH is 1. The van der Waals surface area contributed by atoms with Gasteiger partial charge in [-0.15, -0.1) is 0 Å². The lowest BCUT2D eigenvalue weighted by Crippen LogP contribution is -2.63. The largest absolute Gasteiger partial charge is 0.462 e. The van der Waals surface area contributed by atoms with E-state index in [1.54, 1.807) is 0 Å². The van der Waals surface area contributed by atoms with Gasteiger partial charge in [0.15, 0.2) is 0 Å². The molecule has 0 aromatic heterocycles. The van der Waals surface area contributed by atoms with Gasteiger partial charge in [-0.1, -0.05) is 20.8 Å². The molecular weight excluding hydrogens is 586 g/mol. The molecule has 4 fully saturated rings. The third-order valence-electron chi connectivity index (χ3n) is 12.9. The molecule has 0 saturated heterocycles. The summed E-state index contributed by atoms with van der Waals surface area (Å²) in [6.45, 7) is 8.52. The Morgan fingerprint density at radius 1 is 0.783 bits per heavy atom. The highest BCUT2D eigenvalue weighted by Gasteiger charge is 2.67. The van der Waals surface area contributed by atoms with Crippen LogP contribution in [0.25, 0.3) is 0 Å². The molecule has 10 heteroatoms. The van der Waals surface area contributed by atoms with Crippen LogP contribution in [0.1, 0.15) is 117 Å². The summed E-state index contributed by atoms with van der Waals surface area (Å²) in [4.78, 5) is 39.0. The van der Waals surface area contributed by atoms with Gasteiger partial charge in [-0.2, -0.15) is 0 Å². The second-order valence-corrected chi connectivity index (χ2v) is 15.4. The Bertz CT molecular complexity index is 1030. The second-order valence-electron chi connectivity index (χ2n) is 15.4. The van der Waals surface area contributed by atoms with E-state index >= 15 is 0 Å². The molecular formula is C36H63N3O7. The maximum Gasteiger partial charge on any atom is 0.306 e. The number of hydrogen-bond donors (Lipinski definition) is 4. The van der Waals surface area contributed by atoms with Crippen molar-refractivity contribution in [2.45, 2.75) is 135 Å². The quantitative estimate of drug-likeness (QED) is 0.140. The van der Waals surface area contributed by atoms with Crippen molar-refractivity contribution in [2.75, 3.05) is 26.2 Å². The van der Waals surface area contributed by atoms with E-state index in [-0.39, 0.29) is 77.3 Å². The van der Waals surface area contributed by atoms with Crippen molar-refractivity contribution in [1.82, 2.24) is 0 Å². The van der Waals surface area contributed by atoms with Gasteiger partial charge in [-0.3, -0.25) is 14.4 Å². The first-order valence-electron chi connectivity index (χ1n) is 18.3. The molecule has 4 rings (SSSR count). The summed E-state index contributed by atoms with van der Waals surface area (Å²) in [5.74, 6) is 0.931. The Morgan fingerprint density at radius 2 is 1.39 bits per heavy atom. The number of aliphatic hydroxyl groups is 1. The molecule has 11 atom stereocenters. The minimum atomic E-state index is -0.269. The number of rotatable bonds is 16. The third kappa shape index (κ3) is 7.92. The molecule has 0 amide bonds. The lowest BCUT2D eigenvalue weighted by atomic mass is 9.43. The minimum Gasteiger partial charge on any atom is -0.462 e. The zero-order valence-electron chi connectivity index (χ0n) is 28.8. The SMILES string of the molecule is C[C@H](CCCO)C1CC[C@H]2C3C(OC(=O)CCCN)C[C@H]4C[C@H](OC(=O)CCCN)CC[C@]4(C)[C@H]3C[C@H](OC(=O)CCCN)[C@]12C. The van der Waals surface area contributed by atoms with Crippen molar-refractivity contribution < 1.29 is 33.7 Å². The number of hydrogen-bond acceptors (Lipinski definition) is 10. The van der Waals surface area contributed by atoms with Crippen molar-refractivity contribution in [3.63, 3.8) is 0 Å². The molecule has 0 aromatic carbocycles.